The van der Waals surface area contributed by atoms with Crippen molar-refractivity contribution in [1.82, 2.24) is 0 Å². The van der Waals surface area contributed by atoms with Crippen LogP contribution in [0.15, 0.2) is 36.4 Å². The second kappa shape index (κ2) is 34.3. The fourth-order valence-corrected chi connectivity index (χ4v) is 8.00. The molecule has 0 N–H and O–H groups in total. The third-order valence-electron chi connectivity index (χ3n) is 12.1. The van der Waals surface area contributed by atoms with Crippen molar-refractivity contribution in [2.75, 3.05) is 40.6 Å². The molecule has 0 amide bonds. The van der Waals surface area contributed by atoms with Crippen molar-refractivity contribution in [3.05, 3.63) is 69.8 Å². The quantitative estimate of drug-likeness (QED) is 0.0422. The zero-order valence-corrected chi connectivity index (χ0v) is 42.0. The molecule has 0 aromatic heterocycles. The van der Waals surface area contributed by atoms with Crippen LogP contribution in [0.25, 0.3) is 24.3 Å². The number of hydrogen-bond donors (Lipinski definition) is 0. The standard InChI is InChI=1S/C58H90O6/c1-9-13-17-21-25-29-37-61-53-43-51(57(41-47(53)5)63-39-31-27-23-19-15-11-3)35-33-49-45-56(60-8)50(46-55(49)59-7)34-36-52-44-54(62-38-30-26-22-18-14-10-2)48(6)42-58(52)64-40-32-28-24-20-16-12-4/h33-36,41-46H,9-32,37-40H2,1-8H3. The SMILES string of the molecule is CCCCCCCCOc1cc(C=Cc2cc(OC)c(C=Cc3cc(OCCCCCCCC)c(C)cc3OCCCCCCCC)cc2OC)c(OCCCCCCCC)cc1C. The third-order valence-corrected chi connectivity index (χ3v) is 12.1. The molecular formula is C58H90O6. The van der Waals surface area contributed by atoms with Gasteiger partial charge in [-0.2, -0.15) is 0 Å². The van der Waals surface area contributed by atoms with Gasteiger partial charge in [0.05, 0.1) is 40.6 Å². The highest BCUT2D eigenvalue weighted by Gasteiger charge is 2.14. The van der Waals surface area contributed by atoms with Gasteiger partial charge in [0.1, 0.15) is 34.5 Å². The summed E-state index contributed by atoms with van der Waals surface area (Å²) in [4.78, 5) is 0. The van der Waals surface area contributed by atoms with Gasteiger partial charge in [0.25, 0.3) is 0 Å². The van der Waals surface area contributed by atoms with E-state index in [0.717, 1.165) is 107 Å². The van der Waals surface area contributed by atoms with Gasteiger partial charge in [-0.25, -0.2) is 0 Å². The van der Waals surface area contributed by atoms with Crippen molar-refractivity contribution in [2.24, 2.45) is 0 Å². The molecule has 0 bridgehead atoms. The zero-order valence-electron chi connectivity index (χ0n) is 42.0. The van der Waals surface area contributed by atoms with Gasteiger partial charge >= 0.3 is 0 Å². The van der Waals surface area contributed by atoms with E-state index < -0.39 is 0 Å². The first-order chi connectivity index (χ1) is 31.4. The van der Waals surface area contributed by atoms with Crippen LogP contribution in [0.2, 0.25) is 0 Å². The highest BCUT2D eigenvalue weighted by Crippen LogP contribution is 2.36. The van der Waals surface area contributed by atoms with Gasteiger partial charge in [-0.15, -0.1) is 0 Å². The van der Waals surface area contributed by atoms with Crippen LogP contribution in [0.1, 0.15) is 215 Å². The van der Waals surface area contributed by atoms with Crippen molar-refractivity contribution < 1.29 is 28.4 Å². The van der Waals surface area contributed by atoms with Gasteiger partial charge in [0.2, 0.25) is 0 Å². The Hall–Kier alpha value is -4.06. The van der Waals surface area contributed by atoms with Crippen LogP contribution in [0, 0.1) is 13.8 Å². The third kappa shape index (κ3) is 21.3. The van der Waals surface area contributed by atoms with Gasteiger partial charge in [0, 0.05) is 22.3 Å². The highest BCUT2D eigenvalue weighted by atomic mass is 16.5. The van der Waals surface area contributed by atoms with Crippen molar-refractivity contribution in [3.63, 3.8) is 0 Å². The number of rotatable bonds is 38. The molecule has 6 nitrogen and oxygen atoms in total. The molecule has 3 aromatic rings. The Morgan fingerprint density at radius 1 is 0.297 bits per heavy atom. The average Bonchev–Trinajstić information content (AvgIpc) is 3.30. The summed E-state index contributed by atoms with van der Waals surface area (Å²) >= 11 is 0. The van der Waals surface area contributed by atoms with Crippen LogP contribution in [0.4, 0.5) is 0 Å². The summed E-state index contributed by atoms with van der Waals surface area (Å²) in [6.45, 7) is 16.1. The predicted molar refractivity (Wildman–Crippen MR) is 275 cm³/mol. The summed E-state index contributed by atoms with van der Waals surface area (Å²) in [6, 6.07) is 12.7. The van der Waals surface area contributed by atoms with Crippen LogP contribution >= 0.6 is 0 Å². The minimum atomic E-state index is 0.697. The molecule has 0 unspecified atom stereocenters. The molecule has 0 aliphatic rings. The minimum Gasteiger partial charge on any atom is -0.496 e. The van der Waals surface area contributed by atoms with Crippen LogP contribution in [0.3, 0.4) is 0 Å². The molecule has 0 saturated carbocycles. The Bertz CT molecular complexity index is 1610. The molecule has 358 valence electrons. The summed E-state index contributed by atoms with van der Waals surface area (Å²) < 4.78 is 37.8. The van der Waals surface area contributed by atoms with E-state index in [1.165, 1.54) is 128 Å². The maximum atomic E-state index is 6.47. The normalized spacial score (nSPS) is 11.5. The average molecular weight is 883 g/mol. The van der Waals surface area contributed by atoms with Crippen molar-refractivity contribution in [2.45, 2.75) is 196 Å². The van der Waals surface area contributed by atoms with E-state index >= 15 is 0 Å². The van der Waals surface area contributed by atoms with Crippen molar-refractivity contribution in [3.8, 4) is 34.5 Å². The Labute approximate surface area is 391 Å². The van der Waals surface area contributed by atoms with Gasteiger partial charge < -0.3 is 28.4 Å². The maximum absolute atomic E-state index is 6.47. The fourth-order valence-electron chi connectivity index (χ4n) is 8.00. The lowest BCUT2D eigenvalue weighted by atomic mass is 10.0. The number of methoxy groups -OCH3 is 2. The smallest absolute Gasteiger partial charge is 0.127 e. The number of ether oxygens (including phenoxy) is 6. The first-order valence-electron chi connectivity index (χ1n) is 25.8. The van der Waals surface area contributed by atoms with Crippen LogP contribution in [0.5, 0.6) is 34.5 Å². The summed E-state index contributed by atoms with van der Waals surface area (Å²) in [5.41, 5.74) is 5.99. The molecule has 0 atom stereocenters. The van der Waals surface area contributed by atoms with Gasteiger partial charge in [-0.1, -0.05) is 180 Å². The van der Waals surface area contributed by atoms with E-state index in [1.807, 2.05) is 0 Å². The van der Waals surface area contributed by atoms with Crippen molar-refractivity contribution >= 4 is 24.3 Å². The van der Waals surface area contributed by atoms with Crippen molar-refractivity contribution in [1.29, 1.82) is 0 Å². The second-order valence-electron chi connectivity index (χ2n) is 17.8. The molecule has 0 aliphatic carbocycles. The zero-order chi connectivity index (χ0) is 46.0. The largest absolute Gasteiger partial charge is 0.496 e. The summed E-state index contributed by atoms with van der Waals surface area (Å²) in [7, 11) is 3.45. The number of aryl methyl sites for hydroxylation is 2. The molecule has 6 heteroatoms. The van der Waals surface area contributed by atoms with E-state index in [0.29, 0.717) is 13.2 Å². The molecule has 64 heavy (non-hydrogen) atoms. The Morgan fingerprint density at radius 2 is 0.531 bits per heavy atom. The Morgan fingerprint density at radius 3 is 0.812 bits per heavy atom. The maximum Gasteiger partial charge on any atom is 0.127 e. The van der Waals surface area contributed by atoms with E-state index in [4.69, 9.17) is 28.4 Å². The predicted octanol–water partition coefficient (Wildman–Crippen LogP) is 17.6. The van der Waals surface area contributed by atoms with Crippen LogP contribution in [-0.2, 0) is 0 Å². The summed E-state index contributed by atoms with van der Waals surface area (Å²) in [5.74, 6) is 5.08. The summed E-state index contributed by atoms with van der Waals surface area (Å²) in [5, 5.41) is 0. The van der Waals surface area contributed by atoms with Gasteiger partial charge in [-0.3, -0.25) is 0 Å². The highest BCUT2D eigenvalue weighted by molar-refractivity contribution is 5.81. The molecular weight excluding hydrogens is 793 g/mol. The molecule has 0 spiro atoms. The minimum absolute atomic E-state index is 0.697. The Balaban J connectivity index is 1.88. The number of benzene rings is 3. The number of hydrogen-bond acceptors (Lipinski definition) is 6. The van der Waals surface area contributed by atoms with E-state index in [-0.39, 0.29) is 0 Å². The Kier molecular flexibility index (Phi) is 29.1. The fraction of sp³-hybridized carbons (Fsp3) is 0.621. The lowest BCUT2D eigenvalue weighted by Crippen LogP contribution is -2.03. The van der Waals surface area contributed by atoms with E-state index in [2.05, 4.69) is 102 Å². The second-order valence-corrected chi connectivity index (χ2v) is 17.8. The molecule has 0 heterocycles. The molecule has 0 aliphatic heterocycles. The summed E-state index contributed by atoms with van der Waals surface area (Å²) in [6.07, 6.45) is 37.9. The first kappa shape index (κ1) is 54.3. The van der Waals surface area contributed by atoms with Gasteiger partial charge in [-0.05, 0) is 87.1 Å². The molecule has 3 rings (SSSR count). The number of unbranched alkanes of at least 4 members (excludes halogenated alkanes) is 20. The first-order valence-corrected chi connectivity index (χ1v) is 25.8. The van der Waals surface area contributed by atoms with E-state index in [1.54, 1.807) is 14.2 Å². The lowest BCUT2D eigenvalue weighted by Gasteiger charge is -2.16. The molecule has 0 radical (unpaired) electrons. The van der Waals surface area contributed by atoms with Crippen LogP contribution < -0.4 is 28.4 Å². The molecule has 0 fully saturated rings. The van der Waals surface area contributed by atoms with Crippen LogP contribution in [-0.4, -0.2) is 40.6 Å². The van der Waals surface area contributed by atoms with E-state index in [9.17, 15) is 0 Å². The molecule has 0 saturated heterocycles. The molecule has 3 aromatic carbocycles. The lowest BCUT2D eigenvalue weighted by molar-refractivity contribution is 0.294. The topological polar surface area (TPSA) is 55.4 Å². The van der Waals surface area contributed by atoms with Gasteiger partial charge in [0.15, 0.2) is 0 Å². The monoisotopic (exact) mass is 883 g/mol.